The van der Waals surface area contributed by atoms with Gasteiger partial charge in [-0.05, 0) is 37.3 Å². The summed E-state index contributed by atoms with van der Waals surface area (Å²) in [5.74, 6) is 1.55. The Kier molecular flexibility index (Phi) is 5.01. The average Bonchev–Trinajstić information content (AvgIpc) is 3.41. The first-order chi connectivity index (χ1) is 13.7. The van der Waals surface area contributed by atoms with Crippen LogP contribution in [0.4, 0.5) is 0 Å². The van der Waals surface area contributed by atoms with Crippen LogP contribution in [0.25, 0.3) is 22.8 Å². The van der Waals surface area contributed by atoms with Crippen LogP contribution in [0.1, 0.15) is 23.0 Å². The molecule has 0 radical (unpaired) electrons. The second-order valence-electron chi connectivity index (χ2n) is 6.53. The molecule has 0 saturated carbocycles. The molecule has 1 amide bonds. The van der Waals surface area contributed by atoms with E-state index in [0.29, 0.717) is 29.3 Å². The Morgan fingerprint density at radius 3 is 2.64 bits per heavy atom. The van der Waals surface area contributed by atoms with Crippen LogP contribution in [0, 0.1) is 0 Å². The van der Waals surface area contributed by atoms with Crippen LogP contribution in [0.5, 0.6) is 0 Å². The third kappa shape index (κ3) is 4.01. The van der Waals surface area contributed by atoms with Gasteiger partial charge in [-0.15, -0.1) is 0 Å². The molecular formula is C22H19N3O3. The third-order valence-electron chi connectivity index (χ3n) is 4.29. The third-order valence-corrected chi connectivity index (χ3v) is 4.29. The minimum Gasteiger partial charge on any atom is -0.469 e. The van der Waals surface area contributed by atoms with Gasteiger partial charge in [-0.1, -0.05) is 41.6 Å². The molecule has 0 aliphatic carbocycles. The highest BCUT2D eigenvalue weighted by Crippen LogP contribution is 2.23. The second kappa shape index (κ2) is 7.92. The highest BCUT2D eigenvalue weighted by Gasteiger charge is 2.15. The number of hydrogen-bond donors (Lipinski definition) is 1. The lowest BCUT2D eigenvalue weighted by molar-refractivity contribution is 0.0939. The normalized spacial score (nSPS) is 11.9. The molecule has 0 aliphatic rings. The highest BCUT2D eigenvalue weighted by molar-refractivity contribution is 5.95. The summed E-state index contributed by atoms with van der Waals surface area (Å²) >= 11 is 0. The molecule has 140 valence electrons. The minimum atomic E-state index is -0.163. The van der Waals surface area contributed by atoms with Gasteiger partial charge >= 0.3 is 0 Å². The Hall–Kier alpha value is -3.67. The van der Waals surface area contributed by atoms with Gasteiger partial charge in [-0.25, -0.2) is 0 Å². The van der Waals surface area contributed by atoms with Crippen LogP contribution >= 0.6 is 0 Å². The van der Waals surface area contributed by atoms with E-state index in [-0.39, 0.29) is 11.9 Å². The maximum absolute atomic E-state index is 12.6. The Bertz CT molecular complexity index is 1060. The topological polar surface area (TPSA) is 81.2 Å². The van der Waals surface area contributed by atoms with Crippen LogP contribution in [-0.2, 0) is 6.42 Å². The molecule has 2 aromatic carbocycles. The monoisotopic (exact) mass is 373 g/mol. The van der Waals surface area contributed by atoms with Gasteiger partial charge in [0.25, 0.3) is 11.8 Å². The molecule has 4 aromatic rings. The lowest BCUT2D eigenvalue weighted by Gasteiger charge is -2.12. The zero-order chi connectivity index (χ0) is 19.3. The van der Waals surface area contributed by atoms with Crippen LogP contribution in [0.3, 0.4) is 0 Å². The number of hydrogen-bond acceptors (Lipinski definition) is 5. The van der Waals surface area contributed by atoms with Crippen molar-refractivity contribution in [3.63, 3.8) is 0 Å². The zero-order valence-electron chi connectivity index (χ0n) is 15.3. The first-order valence-electron chi connectivity index (χ1n) is 9.02. The van der Waals surface area contributed by atoms with Crippen molar-refractivity contribution in [1.82, 2.24) is 15.5 Å². The van der Waals surface area contributed by atoms with Gasteiger partial charge < -0.3 is 14.3 Å². The smallest absolute Gasteiger partial charge is 0.258 e. The van der Waals surface area contributed by atoms with Crippen LogP contribution < -0.4 is 5.32 Å². The van der Waals surface area contributed by atoms with E-state index in [0.717, 1.165) is 11.3 Å². The molecule has 4 rings (SSSR count). The van der Waals surface area contributed by atoms with Gasteiger partial charge in [-0.3, -0.25) is 4.79 Å². The van der Waals surface area contributed by atoms with Gasteiger partial charge in [-0.2, -0.15) is 4.98 Å². The minimum absolute atomic E-state index is 0.0598. The van der Waals surface area contributed by atoms with E-state index in [1.807, 2.05) is 55.5 Å². The quantitative estimate of drug-likeness (QED) is 0.543. The average molecular weight is 373 g/mol. The van der Waals surface area contributed by atoms with Crippen molar-refractivity contribution in [1.29, 1.82) is 0 Å². The Balaban J connectivity index is 1.48. The van der Waals surface area contributed by atoms with Crippen molar-refractivity contribution in [3.05, 3.63) is 84.3 Å². The number of amides is 1. The summed E-state index contributed by atoms with van der Waals surface area (Å²) < 4.78 is 10.7. The molecular weight excluding hydrogens is 354 g/mol. The lowest BCUT2D eigenvalue weighted by Crippen LogP contribution is -2.33. The molecule has 1 N–H and O–H groups in total. The molecule has 1 atom stereocenters. The number of benzene rings is 2. The summed E-state index contributed by atoms with van der Waals surface area (Å²) in [4.78, 5) is 17.0. The maximum Gasteiger partial charge on any atom is 0.258 e. The summed E-state index contributed by atoms with van der Waals surface area (Å²) in [6.07, 6.45) is 2.25. The molecule has 28 heavy (non-hydrogen) atoms. The number of carbonyl (C=O) groups excluding carboxylic acids is 1. The molecule has 6 heteroatoms. The predicted molar refractivity (Wildman–Crippen MR) is 105 cm³/mol. The SMILES string of the molecule is C[C@@H](Cc1ccco1)NC(=O)c1cccc(-c2nc(-c3ccccc3)no2)c1. The fourth-order valence-corrected chi connectivity index (χ4v) is 2.93. The fourth-order valence-electron chi connectivity index (χ4n) is 2.93. The van der Waals surface area contributed by atoms with Crippen molar-refractivity contribution in [2.45, 2.75) is 19.4 Å². The van der Waals surface area contributed by atoms with E-state index in [4.69, 9.17) is 8.94 Å². The van der Waals surface area contributed by atoms with Gasteiger partial charge in [0.2, 0.25) is 5.82 Å². The first-order valence-corrected chi connectivity index (χ1v) is 9.02. The van der Waals surface area contributed by atoms with E-state index in [2.05, 4.69) is 15.5 Å². The number of nitrogens with zero attached hydrogens (tertiary/aromatic N) is 2. The maximum atomic E-state index is 12.6. The molecule has 0 aliphatic heterocycles. The summed E-state index contributed by atoms with van der Waals surface area (Å²) in [5.41, 5.74) is 2.10. The number of nitrogens with one attached hydrogen (secondary N) is 1. The van der Waals surface area contributed by atoms with E-state index in [9.17, 15) is 4.79 Å². The summed E-state index contributed by atoms with van der Waals surface area (Å²) in [5, 5.41) is 7.01. The number of aromatic nitrogens is 2. The first kappa shape index (κ1) is 17.7. The summed E-state index contributed by atoms with van der Waals surface area (Å²) in [6, 6.07) is 20.4. The molecule has 6 nitrogen and oxygen atoms in total. The molecule has 0 unspecified atom stereocenters. The lowest BCUT2D eigenvalue weighted by atomic mass is 10.1. The molecule has 0 spiro atoms. The molecule has 0 fully saturated rings. The van der Waals surface area contributed by atoms with Crippen LogP contribution in [0.2, 0.25) is 0 Å². The predicted octanol–water partition coefficient (Wildman–Crippen LogP) is 4.36. The second-order valence-corrected chi connectivity index (χ2v) is 6.53. The standard InChI is InChI=1S/C22H19N3O3/c1-15(13-19-11-6-12-27-19)23-21(26)17-9-5-10-18(14-17)22-24-20(25-28-22)16-7-3-2-4-8-16/h2-12,14-15H,13H2,1H3,(H,23,26)/t15-/m0/s1. The van der Waals surface area contributed by atoms with E-state index in [1.165, 1.54) is 0 Å². The van der Waals surface area contributed by atoms with Crippen molar-refractivity contribution >= 4 is 5.91 Å². The number of carbonyl (C=O) groups is 1. The highest BCUT2D eigenvalue weighted by atomic mass is 16.5. The largest absolute Gasteiger partial charge is 0.469 e. The van der Waals surface area contributed by atoms with E-state index >= 15 is 0 Å². The van der Waals surface area contributed by atoms with Crippen molar-refractivity contribution < 1.29 is 13.7 Å². The Morgan fingerprint density at radius 2 is 1.86 bits per heavy atom. The fraction of sp³-hybridized carbons (Fsp3) is 0.136. The summed E-state index contributed by atoms with van der Waals surface area (Å²) in [6.45, 7) is 1.94. The number of rotatable bonds is 6. The van der Waals surface area contributed by atoms with Crippen LogP contribution in [0.15, 0.2) is 81.9 Å². The van der Waals surface area contributed by atoms with Gasteiger partial charge in [0.1, 0.15) is 5.76 Å². The van der Waals surface area contributed by atoms with E-state index in [1.54, 1.807) is 24.5 Å². The van der Waals surface area contributed by atoms with Crippen molar-refractivity contribution in [3.8, 4) is 22.8 Å². The van der Waals surface area contributed by atoms with Gasteiger partial charge in [0, 0.05) is 29.2 Å². The molecule has 0 bridgehead atoms. The Morgan fingerprint density at radius 1 is 1.04 bits per heavy atom. The zero-order valence-corrected chi connectivity index (χ0v) is 15.3. The number of furan rings is 1. The Labute approximate surface area is 162 Å². The van der Waals surface area contributed by atoms with E-state index < -0.39 is 0 Å². The molecule has 2 heterocycles. The van der Waals surface area contributed by atoms with Gasteiger partial charge in [0.05, 0.1) is 6.26 Å². The van der Waals surface area contributed by atoms with Crippen molar-refractivity contribution in [2.75, 3.05) is 0 Å². The van der Waals surface area contributed by atoms with Crippen molar-refractivity contribution in [2.24, 2.45) is 0 Å². The summed E-state index contributed by atoms with van der Waals surface area (Å²) in [7, 11) is 0. The molecule has 0 saturated heterocycles. The molecule has 2 aromatic heterocycles. The van der Waals surface area contributed by atoms with Crippen LogP contribution in [-0.4, -0.2) is 22.1 Å². The van der Waals surface area contributed by atoms with Gasteiger partial charge in [0.15, 0.2) is 0 Å².